The predicted octanol–water partition coefficient (Wildman–Crippen LogP) is 1.91. The molecule has 0 aliphatic rings. The molecule has 1 N–H and O–H groups in total. The Balaban J connectivity index is -0.0000000147. The zero-order chi connectivity index (χ0) is 6.71. The summed E-state index contributed by atoms with van der Waals surface area (Å²) in [6.07, 6.45) is 0. The van der Waals surface area contributed by atoms with E-state index in [1.54, 1.807) is 0 Å². The average Bonchev–Trinajstić information content (AvgIpc) is 1.78. The zero-order valence-electron chi connectivity index (χ0n) is 4.12. The molecular formula is C3H11O4P. The van der Waals surface area contributed by atoms with Crippen LogP contribution in [0.5, 0.6) is 0 Å². The van der Waals surface area contributed by atoms with E-state index < -0.39 is 8.69 Å². The van der Waals surface area contributed by atoms with Crippen molar-refractivity contribution in [2.45, 2.75) is 21.3 Å². The topological polar surface area (TPSA) is 71.4 Å². The lowest BCUT2D eigenvalue weighted by Gasteiger charge is -1.24. The summed E-state index contributed by atoms with van der Waals surface area (Å²) in [5.41, 5.74) is 0. The lowest BCUT2D eigenvalue weighted by molar-refractivity contribution is 0.524. The average molecular weight is 142 g/mol. The summed E-state index contributed by atoms with van der Waals surface area (Å²) in [5.74, 6) is 0. The minimum absolute atomic E-state index is 0. The van der Waals surface area contributed by atoms with Crippen molar-refractivity contribution in [2.75, 3.05) is 0 Å². The first-order valence-electron chi connectivity index (χ1n) is 1.55. The fourth-order valence-electron chi connectivity index (χ4n) is 0. The normalized spacial score (nSPS) is 3.88. The summed E-state index contributed by atoms with van der Waals surface area (Å²) in [4.78, 5) is 21.0. The van der Waals surface area contributed by atoms with Crippen molar-refractivity contribution >= 4 is 8.69 Å². The van der Waals surface area contributed by atoms with E-state index in [1.165, 1.54) is 0 Å². The highest BCUT2D eigenvalue weighted by Crippen LogP contribution is 1.66. The zero-order valence-corrected chi connectivity index (χ0v) is 5.01. The Kier molecular flexibility index (Phi) is 1550. The maximum atomic E-state index is 8.46. The quantitative estimate of drug-likeness (QED) is 0.524. The molecule has 0 aliphatic heterocycles. The number of hydrogen-bond donors (Lipinski definition) is 1. The molecule has 0 saturated heterocycles. The molecule has 8 heavy (non-hydrogen) atoms. The minimum Gasteiger partial charge on any atom is -0.310 e. The molecule has 0 amide bonds. The molecule has 0 bridgehead atoms. The van der Waals surface area contributed by atoms with Crippen LogP contribution in [0.2, 0.25) is 0 Å². The molecule has 0 fully saturated rings. The maximum absolute atomic E-state index is 8.46. The van der Waals surface area contributed by atoms with E-state index in [1.807, 2.05) is 13.8 Å². The molecule has 0 aromatic carbocycles. The summed E-state index contributed by atoms with van der Waals surface area (Å²) < 4.78 is 8.46. The Bertz CT molecular complexity index is 25.2. The Hall–Kier alpha value is -0.340. The number of hydrogen-bond acceptors (Lipinski definition) is 3. The van der Waals surface area contributed by atoms with Crippen LogP contribution in [-0.2, 0) is 4.57 Å². The van der Waals surface area contributed by atoms with Crippen LogP contribution in [0.15, 0.2) is 0 Å². The van der Waals surface area contributed by atoms with Gasteiger partial charge in [0.2, 0.25) is 0 Å². The summed E-state index contributed by atoms with van der Waals surface area (Å²) in [6.45, 7) is 4.00. The monoisotopic (exact) mass is 142 g/mol. The maximum Gasteiger partial charge on any atom is 0.324 e. The van der Waals surface area contributed by atoms with E-state index >= 15 is 0 Å². The molecule has 0 aliphatic carbocycles. The van der Waals surface area contributed by atoms with E-state index in [9.17, 15) is 0 Å². The van der Waals surface area contributed by atoms with Gasteiger partial charge in [-0.1, -0.05) is 21.3 Å². The van der Waals surface area contributed by atoms with Gasteiger partial charge in [-0.2, -0.15) is 0 Å². The van der Waals surface area contributed by atoms with Crippen molar-refractivity contribution in [2.24, 2.45) is 0 Å². The van der Waals surface area contributed by atoms with E-state index in [2.05, 4.69) is 0 Å². The molecule has 52 valence electrons. The Morgan fingerprint density at radius 1 is 1.25 bits per heavy atom. The van der Waals surface area contributed by atoms with Gasteiger partial charge in [0.15, 0.2) is 0 Å². The van der Waals surface area contributed by atoms with Gasteiger partial charge >= 0.3 is 8.69 Å². The minimum atomic E-state index is -0.833. The van der Waals surface area contributed by atoms with Crippen LogP contribution in [0.4, 0.5) is 0 Å². The fraction of sp³-hybridized carbons (Fsp3) is 1.00. The van der Waals surface area contributed by atoms with Crippen LogP contribution in [0.25, 0.3) is 0 Å². The van der Waals surface area contributed by atoms with Crippen molar-refractivity contribution < 1.29 is 9.46 Å². The lowest BCUT2D eigenvalue weighted by atomic mass is 11.0. The molecule has 0 aromatic heterocycles. The van der Waals surface area contributed by atoms with Gasteiger partial charge in [-0.05, 0) is 0 Å². The highest BCUT2D eigenvalue weighted by molar-refractivity contribution is 7.16. The van der Waals surface area contributed by atoms with Crippen molar-refractivity contribution in [1.29, 1.82) is 0 Å². The predicted molar refractivity (Wildman–Crippen MR) is 34.6 cm³/mol. The van der Waals surface area contributed by atoms with Gasteiger partial charge < -0.3 is 4.89 Å². The molecule has 0 aromatic rings. The van der Waals surface area contributed by atoms with Crippen LogP contribution in [0, 0.1) is 9.93 Å². The Labute approximate surface area is 50.4 Å². The van der Waals surface area contributed by atoms with Gasteiger partial charge in [0.25, 0.3) is 0 Å². The van der Waals surface area contributed by atoms with Gasteiger partial charge in [0.1, 0.15) is 0 Å². The molecule has 5 heteroatoms. The van der Waals surface area contributed by atoms with Gasteiger partial charge in [-0.15, -0.1) is 0 Å². The number of rotatable bonds is 0. The van der Waals surface area contributed by atoms with Crippen LogP contribution >= 0.6 is 8.69 Å². The van der Waals surface area contributed by atoms with Gasteiger partial charge in [0.05, 0.1) is 0 Å². The standard InChI is InChI=1S/C2H6.CH4.HO2P.O2/c1-2;;1-3-2;1-2/h1-2H3;1H4;(H,1,2);. The molecule has 4 nitrogen and oxygen atoms in total. The second-order valence-corrected chi connectivity index (χ2v) is 0.245. The molecule has 0 radical (unpaired) electrons. The summed E-state index contributed by atoms with van der Waals surface area (Å²) >= 11 is 0. The second kappa shape index (κ2) is 490. The lowest BCUT2D eigenvalue weighted by Crippen LogP contribution is -1.03. The highest BCUT2D eigenvalue weighted by atomic mass is 31.1. The van der Waals surface area contributed by atoms with E-state index in [4.69, 9.17) is 19.4 Å². The van der Waals surface area contributed by atoms with Crippen LogP contribution in [0.1, 0.15) is 21.3 Å². The SMILES string of the molecule is C.CC.O=O.O=PO. The van der Waals surface area contributed by atoms with Gasteiger partial charge in [0, 0.05) is 9.93 Å². The van der Waals surface area contributed by atoms with E-state index in [0.717, 1.165) is 0 Å². The first-order valence-corrected chi connectivity index (χ1v) is 2.31. The first-order chi connectivity index (χ1) is 3.41. The largest absolute Gasteiger partial charge is 0.324 e. The molecule has 0 heterocycles. The van der Waals surface area contributed by atoms with Crippen molar-refractivity contribution in [3.63, 3.8) is 0 Å². The smallest absolute Gasteiger partial charge is 0.310 e. The van der Waals surface area contributed by atoms with Crippen molar-refractivity contribution in [3.05, 3.63) is 9.93 Å². The first kappa shape index (κ1) is 25.4. The van der Waals surface area contributed by atoms with E-state index in [0.29, 0.717) is 0 Å². The third kappa shape index (κ3) is 1060. The van der Waals surface area contributed by atoms with Crippen LogP contribution < -0.4 is 0 Å². The van der Waals surface area contributed by atoms with Crippen molar-refractivity contribution in [1.82, 2.24) is 0 Å². The van der Waals surface area contributed by atoms with Gasteiger partial charge in [-0.3, -0.25) is 0 Å². The third-order valence-corrected chi connectivity index (χ3v) is 0. The molecule has 0 spiro atoms. The van der Waals surface area contributed by atoms with Crippen LogP contribution in [-0.4, -0.2) is 4.89 Å². The van der Waals surface area contributed by atoms with Crippen LogP contribution in [0.3, 0.4) is 0 Å². The van der Waals surface area contributed by atoms with E-state index in [-0.39, 0.29) is 7.43 Å². The molecule has 0 saturated carbocycles. The fourth-order valence-corrected chi connectivity index (χ4v) is 0. The highest BCUT2D eigenvalue weighted by Gasteiger charge is 1.28. The molecular weight excluding hydrogens is 131 g/mol. The molecule has 0 atom stereocenters. The summed E-state index contributed by atoms with van der Waals surface area (Å²) in [5, 5.41) is 0. The second-order valence-electron chi connectivity index (χ2n) is 0.0816. The summed E-state index contributed by atoms with van der Waals surface area (Å²) in [6, 6.07) is 0. The van der Waals surface area contributed by atoms with Gasteiger partial charge in [-0.25, -0.2) is 4.57 Å². The Morgan fingerprint density at radius 2 is 1.25 bits per heavy atom. The Morgan fingerprint density at radius 3 is 1.25 bits per heavy atom. The third-order valence-electron chi connectivity index (χ3n) is 0. The summed E-state index contributed by atoms with van der Waals surface area (Å²) in [7, 11) is -0.833. The van der Waals surface area contributed by atoms with Crippen molar-refractivity contribution in [3.8, 4) is 0 Å². The molecule has 0 unspecified atom stereocenters. The molecule has 0 rings (SSSR count).